The summed E-state index contributed by atoms with van der Waals surface area (Å²) in [6.07, 6.45) is 3.18. The number of fused-ring (bicyclic) bond motifs is 6. The zero-order valence-corrected chi connectivity index (χ0v) is 61.2. The summed E-state index contributed by atoms with van der Waals surface area (Å²) in [4.78, 5) is 103. The van der Waals surface area contributed by atoms with E-state index in [9.17, 15) is 44.0 Å². The highest BCUT2D eigenvalue weighted by Crippen LogP contribution is 2.44. The van der Waals surface area contributed by atoms with Crippen LogP contribution in [0.4, 0.5) is 26.3 Å². The number of alkyl halides is 4. The molecule has 0 saturated carbocycles. The van der Waals surface area contributed by atoms with Gasteiger partial charge < -0.3 is 37.3 Å². The lowest BCUT2D eigenvalue weighted by Crippen LogP contribution is -2.58. The number of nitrogens with one attached hydrogen (secondary N) is 2. The first-order valence-corrected chi connectivity index (χ1v) is 38.2. The van der Waals surface area contributed by atoms with Crippen LogP contribution in [-0.2, 0) is 79.2 Å². The van der Waals surface area contributed by atoms with E-state index >= 15 is 28.0 Å². The van der Waals surface area contributed by atoms with Crippen LogP contribution >= 0.6 is 22.7 Å². The second-order valence-corrected chi connectivity index (χ2v) is 34.0. The summed E-state index contributed by atoms with van der Waals surface area (Å²) in [5.41, 5.74) is -9.76. The molecule has 4 bridgehead atoms. The number of amides is 2. The number of rotatable bonds is 26. The van der Waals surface area contributed by atoms with Crippen molar-refractivity contribution >= 4 is 75.0 Å². The molecule has 4 saturated heterocycles. The molecule has 37 heteroatoms. The van der Waals surface area contributed by atoms with Gasteiger partial charge in [-0.3, -0.25) is 33.0 Å². The molecule has 0 radical (unpaired) electrons. The minimum absolute atomic E-state index is 0.0265. The van der Waals surface area contributed by atoms with Gasteiger partial charge in [0.05, 0.1) is 87.4 Å². The van der Waals surface area contributed by atoms with E-state index in [4.69, 9.17) is 37.3 Å². The molecule has 4 aliphatic rings. The molecule has 9 aromatic rings. The molecule has 2 aromatic carbocycles. The molecule has 4 aliphatic heterocycles. The standard InChI is InChI=1S/C69H71F6N9O18S4/c1-33-51-57(85)84(66(90)81(59(51)103-53(33)55-77-21-22-95-55)31-48(98-41-25-37-14-15-38(26-41)96-37)44-23-35(70)12-18-46(44)101-63(72)73)69(7,8)62(88)80-106(93,94)67(3,4)29-43-30-78-56(100-43)54-34(2)52-58(86)83(68(5,6)61(87)79-105(91,92)50-11-9-10-20-76-50)65(89)82(60(52)104-54)32-49(99-42-27-39-16-17-40(28-42)97-39)45-24-36(71)13-19-47(45)102-64(74)75/h9-13,18-24,30,37-42,48-49,63-64H,14-17,25-29,31-32H2,1-8H3,(H,79,87)(H,80,88)/t37-,38?,39-,40+,41?,42?,48-,49-/m0/s1. The molecule has 7 aromatic heterocycles. The number of carbonyl (C=O) groups is 2. The lowest BCUT2D eigenvalue weighted by Gasteiger charge is -2.33. The number of thiophene rings is 2. The molecule has 2 N–H and O–H groups in total. The second-order valence-electron chi connectivity index (χ2n) is 28.1. The van der Waals surface area contributed by atoms with E-state index < -0.39 is 155 Å². The molecule has 3 unspecified atom stereocenters. The number of sulfonamides is 2. The maximum Gasteiger partial charge on any atom is 0.387 e. The second kappa shape index (κ2) is 28.7. The normalized spacial score (nSPS) is 19.9. The quantitative estimate of drug-likeness (QED) is 0.0476. The summed E-state index contributed by atoms with van der Waals surface area (Å²) < 4.78 is 196. The van der Waals surface area contributed by atoms with E-state index in [0.29, 0.717) is 60.5 Å². The van der Waals surface area contributed by atoms with Crippen LogP contribution in [0.1, 0.15) is 133 Å². The number of aromatic nitrogens is 7. The summed E-state index contributed by atoms with van der Waals surface area (Å²) in [5, 5.41) is -1.02. The van der Waals surface area contributed by atoms with Crippen LogP contribution in [-0.4, -0.2) is 116 Å². The van der Waals surface area contributed by atoms with Crippen LogP contribution < -0.4 is 41.4 Å². The Labute approximate surface area is 607 Å². The molecule has 0 spiro atoms. The molecule has 2 amide bonds. The fourth-order valence-corrected chi connectivity index (χ4v) is 18.8. The van der Waals surface area contributed by atoms with E-state index in [1.54, 1.807) is 0 Å². The zero-order chi connectivity index (χ0) is 76.0. The van der Waals surface area contributed by atoms with E-state index in [2.05, 4.69) is 19.7 Å². The van der Waals surface area contributed by atoms with Crippen LogP contribution in [0.2, 0.25) is 0 Å². The Morgan fingerprint density at radius 3 is 1.52 bits per heavy atom. The Morgan fingerprint density at radius 1 is 0.623 bits per heavy atom. The van der Waals surface area contributed by atoms with Crippen molar-refractivity contribution in [3.63, 3.8) is 0 Å². The van der Waals surface area contributed by atoms with Crippen molar-refractivity contribution in [1.82, 2.24) is 42.7 Å². The van der Waals surface area contributed by atoms with Crippen molar-refractivity contribution in [1.29, 1.82) is 0 Å². The van der Waals surface area contributed by atoms with Crippen LogP contribution in [0.25, 0.3) is 42.0 Å². The van der Waals surface area contributed by atoms with Gasteiger partial charge in [0, 0.05) is 23.7 Å². The topological polar surface area (TPSA) is 335 Å². The van der Waals surface area contributed by atoms with Crippen molar-refractivity contribution < 1.29 is 90.0 Å². The first-order valence-electron chi connectivity index (χ1n) is 33.6. The molecular weight excluding hydrogens is 1490 g/mol. The van der Waals surface area contributed by atoms with Gasteiger partial charge in [0.15, 0.2) is 5.03 Å². The number of benzene rings is 2. The maximum atomic E-state index is 15.5. The molecule has 27 nitrogen and oxygen atoms in total. The Morgan fingerprint density at radius 2 is 1.08 bits per heavy atom. The predicted octanol–water partition coefficient (Wildman–Crippen LogP) is 9.94. The third-order valence-corrected chi connectivity index (χ3v) is 25.6. The molecule has 8 atom stereocenters. The van der Waals surface area contributed by atoms with Gasteiger partial charge in [-0.05, 0) is 166 Å². The smallest absolute Gasteiger partial charge is 0.387 e. The third-order valence-electron chi connectivity index (χ3n) is 19.7. The predicted molar refractivity (Wildman–Crippen MR) is 370 cm³/mol. The lowest BCUT2D eigenvalue weighted by molar-refractivity contribution is -0.127. The first-order chi connectivity index (χ1) is 50.0. The number of aryl methyl sites for hydroxylation is 2. The lowest BCUT2D eigenvalue weighted by atomic mass is 10.0. The van der Waals surface area contributed by atoms with Crippen LogP contribution in [0.15, 0.2) is 112 Å². The molecule has 4 fully saturated rings. The minimum atomic E-state index is -4.99. The fourth-order valence-electron chi connectivity index (χ4n) is 14.2. The summed E-state index contributed by atoms with van der Waals surface area (Å²) in [6, 6.07) is 9.38. The Hall–Kier alpha value is -8.85. The molecule has 106 heavy (non-hydrogen) atoms. The number of hydrogen-bond acceptors (Lipinski definition) is 23. The Kier molecular flexibility index (Phi) is 20.4. The first kappa shape index (κ1) is 75.4. The van der Waals surface area contributed by atoms with E-state index in [-0.39, 0.29) is 94.4 Å². The summed E-state index contributed by atoms with van der Waals surface area (Å²) >= 11 is 1.62. The largest absolute Gasteiger partial charge is 0.444 e. The zero-order valence-electron chi connectivity index (χ0n) is 57.9. The van der Waals surface area contributed by atoms with Crippen molar-refractivity contribution in [3.05, 3.63) is 161 Å². The fraction of sp³-hybridized carbons (Fsp3) is 0.464. The van der Waals surface area contributed by atoms with E-state index in [1.807, 2.05) is 4.72 Å². The molecule has 11 heterocycles. The Bertz CT molecular complexity index is 5380. The van der Waals surface area contributed by atoms with Crippen molar-refractivity contribution in [2.24, 2.45) is 0 Å². The highest BCUT2D eigenvalue weighted by Gasteiger charge is 2.46. The van der Waals surface area contributed by atoms with E-state index in [1.165, 1.54) is 52.3 Å². The molecular formula is C69H71F6N9O18S4. The number of ether oxygens (including phenoxy) is 6. The monoisotopic (exact) mass is 1560 g/mol. The molecule has 566 valence electrons. The average molecular weight is 1560 g/mol. The Balaban J connectivity index is 0.850. The van der Waals surface area contributed by atoms with Gasteiger partial charge in [-0.15, -0.1) is 22.7 Å². The van der Waals surface area contributed by atoms with Crippen molar-refractivity contribution in [3.8, 4) is 33.0 Å². The minimum Gasteiger partial charge on any atom is -0.444 e. The number of hydrogen-bond donors (Lipinski definition) is 2. The number of halogens is 6. The van der Waals surface area contributed by atoms with Crippen molar-refractivity contribution in [2.75, 3.05) is 0 Å². The van der Waals surface area contributed by atoms with Gasteiger partial charge in [-0.25, -0.2) is 55.6 Å². The highest BCUT2D eigenvalue weighted by atomic mass is 32.2. The maximum absolute atomic E-state index is 15.5. The van der Waals surface area contributed by atoms with Crippen LogP contribution in [0, 0.1) is 25.5 Å². The van der Waals surface area contributed by atoms with Gasteiger partial charge in [-0.1, -0.05) is 6.07 Å². The summed E-state index contributed by atoms with van der Waals surface area (Å²) in [6.45, 7) is 1.67. The SMILES string of the molecule is Cc1c(-c2ncco2)sc2c1c(=O)n(C(C)(C)C(=O)NS(=O)(=O)C(C)(C)Cc1cnc(-c3sc4c(c3C)c(=O)n(C(C)(C)C(=O)NS(=O)(=O)c3ccccn3)c(=O)n4C[C@H](OC3C[C@H]4CC[C@@H](C3)O4)c3cc(F)ccc3OC(F)F)o1)c(=O)n2C[C@H](OC1CC2CC[C@@H](C1)O2)c1cc(F)ccc1OC(F)F. The molecule has 13 rings (SSSR count). The highest BCUT2D eigenvalue weighted by molar-refractivity contribution is 7.91. The van der Waals surface area contributed by atoms with Gasteiger partial charge in [0.2, 0.25) is 21.8 Å². The third kappa shape index (κ3) is 14.5. The van der Waals surface area contributed by atoms with Gasteiger partial charge in [0.25, 0.3) is 33.0 Å². The van der Waals surface area contributed by atoms with Gasteiger partial charge >= 0.3 is 24.6 Å². The summed E-state index contributed by atoms with van der Waals surface area (Å²) in [7, 11) is -9.75. The van der Waals surface area contributed by atoms with Crippen LogP contribution in [0.5, 0.6) is 11.5 Å². The number of nitrogens with zero attached hydrogens (tertiary/aromatic N) is 7. The van der Waals surface area contributed by atoms with Crippen molar-refractivity contribution in [2.45, 2.75) is 209 Å². The number of carbonyl (C=O) groups excluding carboxylic acids is 2. The van der Waals surface area contributed by atoms with E-state index in [0.717, 1.165) is 114 Å². The average Bonchev–Trinajstić information content (AvgIpc) is 1.50. The molecule has 0 aliphatic carbocycles. The van der Waals surface area contributed by atoms with Crippen LogP contribution in [0.3, 0.4) is 0 Å². The number of pyridine rings is 1. The number of oxazole rings is 2. The van der Waals surface area contributed by atoms with Gasteiger partial charge in [0.1, 0.15) is 68.1 Å². The summed E-state index contributed by atoms with van der Waals surface area (Å²) in [5.74, 6) is -5.98. The van der Waals surface area contributed by atoms with Gasteiger partial charge in [-0.2, -0.15) is 26.0 Å².